The summed E-state index contributed by atoms with van der Waals surface area (Å²) in [6.07, 6.45) is 3.11. The molecule has 4 aromatic heterocycles. The first-order chi connectivity index (χ1) is 13.7. The highest BCUT2D eigenvalue weighted by atomic mass is 32.1. The lowest BCUT2D eigenvalue weighted by atomic mass is 10.2. The van der Waals surface area contributed by atoms with Gasteiger partial charge in [-0.1, -0.05) is 0 Å². The number of anilines is 1. The number of nitrogens with zero attached hydrogens (tertiary/aromatic N) is 7. The lowest BCUT2D eigenvalue weighted by Gasteiger charge is -2.35. The van der Waals surface area contributed by atoms with Crippen LogP contribution in [0.5, 0.6) is 0 Å². The molecule has 28 heavy (non-hydrogen) atoms. The summed E-state index contributed by atoms with van der Waals surface area (Å²) >= 11 is 1.41. The van der Waals surface area contributed by atoms with Crippen molar-refractivity contribution >= 4 is 28.8 Å². The molecular weight excluding hydrogens is 378 g/mol. The third kappa shape index (κ3) is 2.91. The molecule has 1 fully saturated rings. The molecular formula is C18H17N7O2S. The number of fused-ring (bicyclic) bond motifs is 1. The second-order valence-corrected chi connectivity index (χ2v) is 7.38. The van der Waals surface area contributed by atoms with E-state index >= 15 is 0 Å². The van der Waals surface area contributed by atoms with Crippen molar-refractivity contribution in [1.82, 2.24) is 29.5 Å². The molecule has 5 heterocycles. The zero-order chi connectivity index (χ0) is 19.1. The van der Waals surface area contributed by atoms with Gasteiger partial charge in [0.25, 0.3) is 11.7 Å². The van der Waals surface area contributed by atoms with Crippen molar-refractivity contribution in [2.45, 2.75) is 6.92 Å². The second kappa shape index (κ2) is 6.71. The summed E-state index contributed by atoms with van der Waals surface area (Å²) < 4.78 is 7.09. The molecule has 5 rings (SSSR count). The van der Waals surface area contributed by atoms with Gasteiger partial charge in [0.2, 0.25) is 0 Å². The summed E-state index contributed by atoms with van der Waals surface area (Å²) in [6.45, 7) is 4.59. The topological polar surface area (TPSA) is 92.7 Å². The fraction of sp³-hybridized carbons (Fsp3) is 0.278. The van der Waals surface area contributed by atoms with E-state index in [4.69, 9.17) is 4.42 Å². The Labute approximate surface area is 164 Å². The van der Waals surface area contributed by atoms with Gasteiger partial charge in [0.1, 0.15) is 17.8 Å². The number of piperazine rings is 1. The summed E-state index contributed by atoms with van der Waals surface area (Å²) in [6, 6.07) is 5.65. The number of thiazole rings is 1. The van der Waals surface area contributed by atoms with Gasteiger partial charge < -0.3 is 14.2 Å². The Morgan fingerprint density at radius 2 is 2.07 bits per heavy atom. The lowest BCUT2D eigenvalue weighted by molar-refractivity contribution is 0.0741. The minimum Gasteiger partial charge on any atom is -0.462 e. The SMILES string of the molecule is Cc1cc(N2CCN(C(=O)c3csc(-c4ccco4)n3)CC2)n2ncnc2n1. The fourth-order valence-corrected chi connectivity index (χ4v) is 4.08. The standard InChI is InChI=1S/C18H17N7O2S/c1-12-9-15(25-18(21-12)19-11-20-25)23-4-6-24(7-5-23)17(26)13-10-28-16(22-13)14-3-2-8-27-14/h2-3,8-11H,4-7H2,1H3. The van der Waals surface area contributed by atoms with Crippen LogP contribution in [0.4, 0.5) is 5.82 Å². The van der Waals surface area contributed by atoms with Gasteiger partial charge >= 0.3 is 0 Å². The van der Waals surface area contributed by atoms with Gasteiger partial charge in [-0.3, -0.25) is 4.79 Å². The van der Waals surface area contributed by atoms with Gasteiger partial charge in [-0.2, -0.15) is 14.6 Å². The van der Waals surface area contributed by atoms with E-state index in [0.717, 1.165) is 11.5 Å². The van der Waals surface area contributed by atoms with Gasteiger partial charge in [0.15, 0.2) is 10.8 Å². The fourth-order valence-electron chi connectivity index (χ4n) is 3.32. The summed E-state index contributed by atoms with van der Waals surface area (Å²) in [5.74, 6) is 2.16. The van der Waals surface area contributed by atoms with Crippen LogP contribution < -0.4 is 4.90 Å². The maximum Gasteiger partial charge on any atom is 0.273 e. The molecule has 0 radical (unpaired) electrons. The molecule has 0 saturated carbocycles. The Kier molecular flexibility index (Phi) is 4.05. The predicted molar refractivity (Wildman–Crippen MR) is 103 cm³/mol. The number of carbonyl (C=O) groups excluding carboxylic acids is 1. The number of carbonyl (C=O) groups is 1. The average molecular weight is 395 g/mol. The van der Waals surface area contributed by atoms with Crippen molar-refractivity contribution in [2.75, 3.05) is 31.1 Å². The first kappa shape index (κ1) is 16.9. The molecule has 142 valence electrons. The van der Waals surface area contributed by atoms with E-state index in [2.05, 4.69) is 25.0 Å². The maximum absolute atomic E-state index is 12.8. The summed E-state index contributed by atoms with van der Waals surface area (Å²) in [4.78, 5) is 29.9. The molecule has 1 saturated heterocycles. The van der Waals surface area contributed by atoms with Crippen molar-refractivity contribution in [1.29, 1.82) is 0 Å². The molecule has 0 N–H and O–H groups in total. The number of hydrogen-bond donors (Lipinski definition) is 0. The highest BCUT2D eigenvalue weighted by Crippen LogP contribution is 2.25. The molecule has 0 unspecified atom stereocenters. The zero-order valence-corrected chi connectivity index (χ0v) is 16.0. The minimum absolute atomic E-state index is 0.0504. The van der Waals surface area contributed by atoms with E-state index in [0.29, 0.717) is 48.4 Å². The van der Waals surface area contributed by atoms with Crippen LogP contribution in [0, 0.1) is 6.92 Å². The van der Waals surface area contributed by atoms with E-state index in [9.17, 15) is 4.79 Å². The molecule has 0 aliphatic carbocycles. The largest absolute Gasteiger partial charge is 0.462 e. The first-order valence-corrected chi connectivity index (χ1v) is 9.78. The van der Waals surface area contributed by atoms with Crippen LogP contribution in [0.3, 0.4) is 0 Å². The van der Waals surface area contributed by atoms with Crippen LogP contribution in [-0.4, -0.2) is 61.6 Å². The third-order valence-electron chi connectivity index (χ3n) is 4.71. The van der Waals surface area contributed by atoms with E-state index in [1.54, 1.807) is 16.2 Å². The first-order valence-electron chi connectivity index (χ1n) is 8.90. The maximum atomic E-state index is 12.8. The van der Waals surface area contributed by atoms with Gasteiger partial charge in [0, 0.05) is 43.3 Å². The second-order valence-electron chi connectivity index (χ2n) is 6.52. The van der Waals surface area contributed by atoms with Gasteiger partial charge in [-0.15, -0.1) is 11.3 Å². The Morgan fingerprint density at radius 1 is 1.21 bits per heavy atom. The Bertz CT molecular complexity index is 1130. The van der Waals surface area contributed by atoms with Crippen molar-refractivity contribution in [3.63, 3.8) is 0 Å². The van der Waals surface area contributed by atoms with Gasteiger partial charge in [0.05, 0.1) is 6.26 Å². The number of hydrogen-bond acceptors (Lipinski definition) is 8. The summed E-state index contributed by atoms with van der Waals surface area (Å²) in [5.41, 5.74) is 1.35. The monoisotopic (exact) mass is 395 g/mol. The van der Waals surface area contributed by atoms with Crippen molar-refractivity contribution < 1.29 is 9.21 Å². The Hall–Kier alpha value is -3.27. The van der Waals surface area contributed by atoms with E-state index in [1.165, 1.54) is 17.7 Å². The smallest absolute Gasteiger partial charge is 0.273 e. The van der Waals surface area contributed by atoms with Crippen molar-refractivity contribution in [3.8, 4) is 10.8 Å². The molecule has 0 aromatic carbocycles. The van der Waals surface area contributed by atoms with Crippen LogP contribution in [0.25, 0.3) is 16.5 Å². The van der Waals surface area contributed by atoms with Gasteiger partial charge in [-0.25, -0.2) is 9.97 Å². The molecule has 4 aromatic rings. The minimum atomic E-state index is -0.0504. The van der Waals surface area contributed by atoms with Crippen LogP contribution in [0.15, 0.2) is 40.6 Å². The molecule has 10 heteroatoms. The zero-order valence-electron chi connectivity index (χ0n) is 15.1. The number of rotatable bonds is 3. The number of aryl methyl sites for hydroxylation is 1. The number of aromatic nitrogens is 5. The number of furan rings is 1. The quantitative estimate of drug-likeness (QED) is 0.524. The third-order valence-corrected chi connectivity index (χ3v) is 5.56. The van der Waals surface area contributed by atoms with Crippen LogP contribution >= 0.6 is 11.3 Å². The highest BCUT2D eigenvalue weighted by molar-refractivity contribution is 7.13. The summed E-state index contributed by atoms with van der Waals surface area (Å²) in [5, 5.41) is 6.77. The highest BCUT2D eigenvalue weighted by Gasteiger charge is 2.26. The van der Waals surface area contributed by atoms with Crippen LogP contribution in [0.2, 0.25) is 0 Å². The van der Waals surface area contributed by atoms with Crippen molar-refractivity contribution in [2.24, 2.45) is 0 Å². The molecule has 1 aliphatic heterocycles. The Morgan fingerprint density at radius 3 is 2.86 bits per heavy atom. The van der Waals surface area contributed by atoms with Crippen LogP contribution in [-0.2, 0) is 0 Å². The predicted octanol–water partition coefficient (Wildman–Crippen LogP) is 2.11. The normalized spacial score (nSPS) is 14.8. The van der Waals surface area contributed by atoms with E-state index in [1.807, 2.05) is 30.0 Å². The van der Waals surface area contributed by atoms with Gasteiger partial charge in [-0.05, 0) is 19.1 Å². The average Bonchev–Trinajstić information content (AvgIpc) is 3.47. The molecule has 0 bridgehead atoms. The molecule has 0 atom stereocenters. The number of amides is 1. The molecule has 1 aliphatic rings. The van der Waals surface area contributed by atoms with Crippen molar-refractivity contribution in [3.05, 3.63) is 47.6 Å². The summed E-state index contributed by atoms with van der Waals surface area (Å²) in [7, 11) is 0. The molecule has 9 nitrogen and oxygen atoms in total. The lowest BCUT2D eigenvalue weighted by Crippen LogP contribution is -2.49. The van der Waals surface area contributed by atoms with E-state index < -0.39 is 0 Å². The van der Waals surface area contributed by atoms with Crippen LogP contribution in [0.1, 0.15) is 16.2 Å². The Balaban J connectivity index is 1.30. The molecule has 1 amide bonds. The van der Waals surface area contributed by atoms with E-state index in [-0.39, 0.29) is 5.91 Å². The molecule has 0 spiro atoms.